The summed E-state index contributed by atoms with van der Waals surface area (Å²) in [6.45, 7) is 8.30. The van der Waals surface area contributed by atoms with Crippen LogP contribution in [0.5, 0.6) is 0 Å². The number of halogens is 1. The van der Waals surface area contributed by atoms with Gasteiger partial charge in [0, 0.05) is 11.1 Å². The minimum absolute atomic E-state index is 0.196. The molecule has 1 aliphatic heterocycles. The first-order valence-corrected chi connectivity index (χ1v) is 10.1. The highest BCUT2D eigenvalue weighted by molar-refractivity contribution is 6.16. The zero-order valence-corrected chi connectivity index (χ0v) is 17.9. The molecule has 1 atom stereocenters. The van der Waals surface area contributed by atoms with Gasteiger partial charge in [-0.15, -0.1) is 0 Å². The third-order valence-electron chi connectivity index (χ3n) is 5.57. The molecule has 2 aromatic carbocycles. The number of aromatic nitrogens is 1. The Hall–Kier alpha value is -3.35. The van der Waals surface area contributed by atoms with Crippen LogP contribution in [0.3, 0.4) is 0 Å². The van der Waals surface area contributed by atoms with Gasteiger partial charge < -0.3 is 5.11 Å². The van der Waals surface area contributed by atoms with Crippen LogP contribution >= 0.6 is 0 Å². The maximum Gasteiger partial charge on any atom is 0.222 e. The molecule has 3 aromatic rings. The van der Waals surface area contributed by atoms with Crippen molar-refractivity contribution in [3.63, 3.8) is 0 Å². The standard InChI is InChI=1S/C25H25FN4O/c1-16-9-11-18(12-10-16)15-30-17(2)19-7-5-6-8-20(19)23(29-30)21-13-14-22(28-24(21)26)25(3,31)27-4/h5-14,27,31H,2,15H2,1,3-4H3. The molecule has 5 nitrogen and oxygen atoms in total. The van der Waals surface area contributed by atoms with Crippen molar-refractivity contribution >= 4 is 11.4 Å². The van der Waals surface area contributed by atoms with E-state index in [2.05, 4.69) is 41.1 Å². The minimum atomic E-state index is -1.43. The molecule has 0 aliphatic carbocycles. The number of pyridine rings is 1. The van der Waals surface area contributed by atoms with Gasteiger partial charge in [-0.3, -0.25) is 10.3 Å². The van der Waals surface area contributed by atoms with E-state index >= 15 is 4.39 Å². The SMILES string of the molecule is C=C1c2ccccc2C(c2ccc(C(C)(O)NC)nc2F)=NN1Cc1ccc(C)cc1. The molecule has 31 heavy (non-hydrogen) atoms. The summed E-state index contributed by atoms with van der Waals surface area (Å²) in [6, 6.07) is 19.1. The third-order valence-corrected chi connectivity index (χ3v) is 5.57. The molecule has 1 aliphatic rings. The van der Waals surface area contributed by atoms with Gasteiger partial charge in [0.15, 0.2) is 5.72 Å². The zero-order valence-electron chi connectivity index (χ0n) is 17.9. The van der Waals surface area contributed by atoms with E-state index in [0.29, 0.717) is 12.3 Å². The van der Waals surface area contributed by atoms with Crippen LogP contribution in [-0.4, -0.2) is 27.9 Å². The van der Waals surface area contributed by atoms with Gasteiger partial charge in [0.1, 0.15) is 5.71 Å². The van der Waals surface area contributed by atoms with Gasteiger partial charge in [-0.1, -0.05) is 60.7 Å². The Kier molecular flexibility index (Phi) is 5.43. The summed E-state index contributed by atoms with van der Waals surface area (Å²) < 4.78 is 15.1. The Labute approximate surface area is 181 Å². The number of rotatable bonds is 5. The fourth-order valence-electron chi connectivity index (χ4n) is 3.52. The van der Waals surface area contributed by atoms with Gasteiger partial charge in [0.05, 0.1) is 23.5 Å². The molecule has 1 aromatic heterocycles. The molecule has 0 saturated carbocycles. The van der Waals surface area contributed by atoms with E-state index in [0.717, 1.165) is 22.4 Å². The van der Waals surface area contributed by atoms with E-state index in [1.54, 1.807) is 24.2 Å². The topological polar surface area (TPSA) is 60.8 Å². The quantitative estimate of drug-likeness (QED) is 0.485. The number of hydrazone groups is 1. The summed E-state index contributed by atoms with van der Waals surface area (Å²) in [5.41, 5.74) is 4.21. The molecule has 0 saturated heterocycles. The van der Waals surface area contributed by atoms with Crippen LogP contribution in [0, 0.1) is 12.9 Å². The van der Waals surface area contributed by atoms with E-state index in [9.17, 15) is 5.11 Å². The zero-order chi connectivity index (χ0) is 22.2. The lowest BCUT2D eigenvalue weighted by Crippen LogP contribution is -2.37. The number of aliphatic hydroxyl groups is 1. The first-order valence-electron chi connectivity index (χ1n) is 10.1. The molecule has 2 N–H and O–H groups in total. The predicted octanol–water partition coefficient (Wildman–Crippen LogP) is 4.15. The van der Waals surface area contributed by atoms with Crippen LogP contribution in [0.1, 0.15) is 40.4 Å². The number of hydrogen-bond acceptors (Lipinski definition) is 5. The van der Waals surface area contributed by atoms with Crippen molar-refractivity contribution < 1.29 is 9.50 Å². The van der Waals surface area contributed by atoms with E-state index in [-0.39, 0.29) is 11.3 Å². The summed E-state index contributed by atoms with van der Waals surface area (Å²) >= 11 is 0. The van der Waals surface area contributed by atoms with Crippen molar-refractivity contribution in [3.8, 4) is 0 Å². The Balaban J connectivity index is 1.79. The molecular formula is C25H25FN4O. The molecular weight excluding hydrogens is 391 g/mol. The van der Waals surface area contributed by atoms with Crippen LogP contribution in [-0.2, 0) is 12.3 Å². The fraction of sp³-hybridized carbons (Fsp3) is 0.200. The summed E-state index contributed by atoms with van der Waals surface area (Å²) in [7, 11) is 1.59. The first-order chi connectivity index (χ1) is 14.8. The average molecular weight is 417 g/mol. The van der Waals surface area contributed by atoms with Gasteiger partial charge in [-0.05, 0) is 38.6 Å². The van der Waals surface area contributed by atoms with E-state index < -0.39 is 11.7 Å². The molecule has 0 fully saturated rings. The normalized spacial score (nSPS) is 15.3. The average Bonchev–Trinajstić information content (AvgIpc) is 2.77. The van der Waals surface area contributed by atoms with Crippen LogP contribution in [0.15, 0.2) is 72.3 Å². The van der Waals surface area contributed by atoms with Gasteiger partial charge >= 0.3 is 0 Å². The number of nitrogens with zero attached hydrogens (tertiary/aromatic N) is 3. The van der Waals surface area contributed by atoms with Crippen molar-refractivity contribution in [1.82, 2.24) is 15.3 Å². The Morgan fingerprint density at radius 3 is 2.35 bits per heavy atom. The van der Waals surface area contributed by atoms with Crippen LogP contribution in [0.25, 0.3) is 5.70 Å². The van der Waals surface area contributed by atoms with E-state index in [4.69, 9.17) is 5.10 Å². The Morgan fingerprint density at radius 2 is 1.71 bits per heavy atom. The highest BCUT2D eigenvalue weighted by atomic mass is 19.1. The number of aryl methyl sites for hydroxylation is 1. The highest BCUT2D eigenvalue weighted by Crippen LogP contribution is 2.32. The monoisotopic (exact) mass is 416 g/mol. The van der Waals surface area contributed by atoms with Gasteiger partial charge in [-0.25, -0.2) is 4.98 Å². The van der Waals surface area contributed by atoms with Crippen molar-refractivity contribution in [1.29, 1.82) is 0 Å². The number of fused-ring (bicyclic) bond motifs is 1. The fourth-order valence-corrected chi connectivity index (χ4v) is 3.52. The van der Waals surface area contributed by atoms with Gasteiger partial charge in [0.25, 0.3) is 0 Å². The first kappa shape index (κ1) is 20.9. The van der Waals surface area contributed by atoms with Crippen molar-refractivity contribution in [2.45, 2.75) is 26.1 Å². The van der Waals surface area contributed by atoms with Crippen molar-refractivity contribution in [2.75, 3.05) is 7.05 Å². The second kappa shape index (κ2) is 8.06. The summed E-state index contributed by atoms with van der Waals surface area (Å²) in [5, 5.41) is 19.6. The lowest BCUT2D eigenvalue weighted by atomic mass is 9.94. The van der Waals surface area contributed by atoms with E-state index in [1.807, 2.05) is 31.2 Å². The number of benzene rings is 2. The largest absolute Gasteiger partial charge is 0.370 e. The van der Waals surface area contributed by atoms with Crippen molar-refractivity contribution in [2.24, 2.45) is 5.10 Å². The maximum atomic E-state index is 15.1. The predicted molar refractivity (Wildman–Crippen MR) is 121 cm³/mol. The summed E-state index contributed by atoms with van der Waals surface area (Å²) in [6.07, 6.45) is 0. The molecule has 0 spiro atoms. The van der Waals surface area contributed by atoms with Crippen LogP contribution in [0.4, 0.5) is 4.39 Å². The number of nitrogens with one attached hydrogen (secondary N) is 1. The molecule has 0 bridgehead atoms. The lowest BCUT2D eigenvalue weighted by Gasteiger charge is -2.30. The molecule has 0 radical (unpaired) electrons. The molecule has 6 heteroatoms. The third kappa shape index (κ3) is 4.00. The summed E-state index contributed by atoms with van der Waals surface area (Å²) in [5.74, 6) is -0.690. The second-order valence-electron chi connectivity index (χ2n) is 7.84. The van der Waals surface area contributed by atoms with Crippen LogP contribution in [0.2, 0.25) is 0 Å². The smallest absolute Gasteiger partial charge is 0.222 e. The Bertz CT molecular complexity index is 1170. The molecule has 4 rings (SSSR count). The van der Waals surface area contributed by atoms with E-state index in [1.165, 1.54) is 12.5 Å². The lowest BCUT2D eigenvalue weighted by molar-refractivity contribution is 0.0230. The molecule has 0 amide bonds. The summed E-state index contributed by atoms with van der Waals surface area (Å²) in [4.78, 5) is 4.00. The second-order valence-corrected chi connectivity index (χ2v) is 7.84. The Morgan fingerprint density at radius 1 is 1.03 bits per heavy atom. The molecule has 2 heterocycles. The molecule has 158 valence electrons. The molecule has 1 unspecified atom stereocenters. The maximum absolute atomic E-state index is 15.1. The van der Waals surface area contributed by atoms with Crippen molar-refractivity contribution in [3.05, 3.63) is 107 Å². The van der Waals surface area contributed by atoms with Crippen LogP contribution < -0.4 is 5.32 Å². The van der Waals surface area contributed by atoms with Gasteiger partial charge in [-0.2, -0.15) is 9.49 Å². The highest BCUT2D eigenvalue weighted by Gasteiger charge is 2.28. The van der Waals surface area contributed by atoms with Gasteiger partial charge in [0.2, 0.25) is 5.95 Å². The minimum Gasteiger partial charge on any atom is -0.370 e. The number of hydrogen-bond donors (Lipinski definition) is 2.